The maximum Gasteiger partial charge on any atom is 0.285 e. The van der Waals surface area contributed by atoms with Crippen LogP contribution in [0, 0.1) is 16.0 Å². The molecule has 2 unspecified atom stereocenters. The van der Waals surface area contributed by atoms with Gasteiger partial charge in [-0.25, -0.2) is 0 Å². The van der Waals surface area contributed by atoms with Crippen molar-refractivity contribution in [3.05, 3.63) is 27.8 Å². The van der Waals surface area contributed by atoms with E-state index in [1.807, 2.05) is 0 Å². The number of thioether (sulfide) groups is 1. The number of rotatable bonds is 6. The molecule has 1 aliphatic rings. The lowest BCUT2D eigenvalue weighted by molar-refractivity contribution is -0.385. The number of aliphatic hydroxyl groups is 1. The predicted molar refractivity (Wildman–Crippen MR) is 86.1 cm³/mol. The number of methoxy groups -OCH3 is 1. The van der Waals surface area contributed by atoms with Crippen molar-refractivity contribution in [3.8, 4) is 5.75 Å². The lowest BCUT2D eigenvalue weighted by Gasteiger charge is -2.15. The van der Waals surface area contributed by atoms with E-state index in [0.29, 0.717) is 23.7 Å². The number of nitrogens with one attached hydrogen (secondary N) is 2. The van der Waals surface area contributed by atoms with Crippen LogP contribution in [0.15, 0.2) is 17.0 Å². The topological polar surface area (TPSA) is 114 Å². The quantitative estimate of drug-likeness (QED) is 0.395. The van der Waals surface area contributed by atoms with Crippen molar-refractivity contribution in [1.29, 1.82) is 0 Å². The van der Waals surface area contributed by atoms with E-state index in [-0.39, 0.29) is 23.7 Å². The van der Waals surface area contributed by atoms with Gasteiger partial charge in [-0.3, -0.25) is 14.9 Å². The average molecular weight is 341 g/mol. The Balaban J connectivity index is 2.22. The summed E-state index contributed by atoms with van der Waals surface area (Å²) in [5.41, 5.74) is -0.317. The van der Waals surface area contributed by atoms with Crippen molar-refractivity contribution in [2.75, 3.05) is 33.0 Å². The maximum atomic E-state index is 12.3. The van der Waals surface area contributed by atoms with Crippen LogP contribution in [0.5, 0.6) is 5.75 Å². The minimum atomic E-state index is -0.604. The molecule has 23 heavy (non-hydrogen) atoms. The Morgan fingerprint density at radius 1 is 1.57 bits per heavy atom. The van der Waals surface area contributed by atoms with E-state index in [0.717, 1.165) is 0 Å². The summed E-state index contributed by atoms with van der Waals surface area (Å²) in [6, 6.07) is 2.72. The SMILES string of the molecule is COc1cc([N+](=O)[O-])c(C(=O)NCC2CNCC2O)cc1SC. The first kappa shape index (κ1) is 17.5. The highest BCUT2D eigenvalue weighted by atomic mass is 32.2. The van der Waals surface area contributed by atoms with E-state index >= 15 is 0 Å². The monoisotopic (exact) mass is 341 g/mol. The van der Waals surface area contributed by atoms with Crippen molar-refractivity contribution in [1.82, 2.24) is 10.6 Å². The van der Waals surface area contributed by atoms with Gasteiger partial charge in [0.1, 0.15) is 11.3 Å². The fraction of sp³-hybridized carbons (Fsp3) is 0.500. The summed E-state index contributed by atoms with van der Waals surface area (Å²) in [4.78, 5) is 23.6. The third-order valence-electron chi connectivity index (χ3n) is 3.77. The summed E-state index contributed by atoms with van der Waals surface area (Å²) in [5.74, 6) is -0.277. The molecule has 1 aromatic carbocycles. The minimum Gasteiger partial charge on any atom is -0.495 e. The van der Waals surface area contributed by atoms with Crippen molar-refractivity contribution in [2.45, 2.75) is 11.0 Å². The molecule has 0 radical (unpaired) electrons. The number of carbonyl (C=O) groups is 1. The summed E-state index contributed by atoms with van der Waals surface area (Å²) in [7, 11) is 1.42. The molecule has 1 heterocycles. The first-order chi connectivity index (χ1) is 11.0. The second kappa shape index (κ2) is 7.62. The highest BCUT2D eigenvalue weighted by Gasteiger charge is 2.27. The van der Waals surface area contributed by atoms with Crippen LogP contribution in [-0.2, 0) is 0 Å². The highest BCUT2D eigenvalue weighted by Crippen LogP contribution is 2.34. The van der Waals surface area contributed by atoms with Gasteiger partial charge in [-0.2, -0.15) is 0 Å². The Morgan fingerprint density at radius 3 is 2.83 bits per heavy atom. The maximum absolute atomic E-state index is 12.3. The number of nitro benzene ring substituents is 1. The second-order valence-corrected chi connectivity index (χ2v) is 6.03. The van der Waals surface area contributed by atoms with Gasteiger partial charge in [-0.1, -0.05) is 0 Å². The molecule has 1 saturated heterocycles. The van der Waals surface area contributed by atoms with Crippen LogP contribution in [0.3, 0.4) is 0 Å². The van der Waals surface area contributed by atoms with E-state index in [1.165, 1.54) is 31.0 Å². The molecule has 0 aromatic heterocycles. The molecule has 0 spiro atoms. The summed E-state index contributed by atoms with van der Waals surface area (Å²) in [6.45, 7) is 1.34. The third-order valence-corrected chi connectivity index (χ3v) is 4.53. The van der Waals surface area contributed by atoms with Gasteiger partial charge < -0.3 is 20.5 Å². The third kappa shape index (κ3) is 3.92. The first-order valence-corrected chi connectivity index (χ1v) is 8.27. The van der Waals surface area contributed by atoms with Crippen LogP contribution < -0.4 is 15.4 Å². The van der Waals surface area contributed by atoms with Gasteiger partial charge in [0.15, 0.2) is 0 Å². The number of nitro groups is 1. The molecule has 1 fully saturated rings. The zero-order chi connectivity index (χ0) is 17.0. The smallest absolute Gasteiger partial charge is 0.285 e. The zero-order valence-electron chi connectivity index (χ0n) is 12.9. The Labute approximate surface area is 137 Å². The number of nitrogens with zero attached hydrogens (tertiary/aromatic N) is 1. The standard InChI is InChI=1S/C14H19N3O5S/c1-22-12-4-10(17(20)21)9(3-13(12)23-2)14(19)16-6-8-5-15-7-11(8)18/h3-4,8,11,15,18H,5-7H2,1-2H3,(H,16,19). The molecule has 2 rings (SSSR count). The molecule has 9 heteroatoms. The number of hydrogen-bond acceptors (Lipinski definition) is 7. The van der Waals surface area contributed by atoms with Crippen molar-refractivity contribution in [2.24, 2.45) is 5.92 Å². The molecule has 126 valence electrons. The summed E-state index contributed by atoms with van der Waals surface area (Å²) in [6.07, 6.45) is 1.27. The molecule has 1 aromatic rings. The van der Waals surface area contributed by atoms with E-state index in [4.69, 9.17) is 4.74 Å². The lowest BCUT2D eigenvalue weighted by atomic mass is 10.1. The Morgan fingerprint density at radius 2 is 2.30 bits per heavy atom. The van der Waals surface area contributed by atoms with E-state index < -0.39 is 16.9 Å². The van der Waals surface area contributed by atoms with Gasteiger partial charge in [-0.15, -0.1) is 11.8 Å². The summed E-state index contributed by atoms with van der Waals surface area (Å²) in [5, 5.41) is 26.6. The molecule has 0 aliphatic carbocycles. The van der Waals surface area contributed by atoms with Crippen LogP contribution in [0.1, 0.15) is 10.4 Å². The average Bonchev–Trinajstić information content (AvgIpc) is 2.96. The van der Waals surface area contributed by atoms with E-state index in [1.54, 1.807) is 6.26 Å². The highest BCUT2D eigenvalue weighted by molar-refractivity contribution is 7.98. The normalized spacial score (nSPS) is 20.3. The number of β-amino-alcohol motifs (C(OH)–C–C–N with tert-alkyl or cyclic N) is 1. The van der Waals surface area contributed by atoms with Gasteiger partial charge in [-0.05, 0) is 12.3 Å². The van der Waals surface area contributed by atoms with Gasteiger partial charge in [0.05, 0.1) is 29.1 Å². The molecule has 3 N–H and O–H groups in total. The van der Waals surface area contributed by atoms with E-state index in [2.05, 4.69) is 10.6 Å². The molecule has 0 bridgehead atoms. The number of ether oxygens (including phenoxy) is 1. The van der Waals surface area contributed by atoms with E-state index in [9.17, 15) is 20.0 Å². The second-order valence-electron chi connectivity index (χ2n) is 5.18. The molecule has 1 aliphatic heterocycles. The van der Waals surface area contributed by atoms with Crippen molar-refractivity contribution >= 4 is 23.4 Å². The van der Waals surface area contributed by atoms with Crippen LogP contribution in [-0.4, -0.2) is 55.0 Å². The molecule has 8 nitrogen and oxygen atoms in total. The Bertz CT molecular complexity index is 610. The Hall–Kier alpha value is -1.84. The van der Waals surface area contributed by atoms with Crippen molar-refractivity contribution in [3.63, 3.8) is 0 Å². The number of benzene rings is 1. The minimum absolute atomic E-state index is 0.0133. The van der Waals surface area contributed by atoms with Crippen molar-refractivity contribution < 1.29 is 19.6 Å². The van der Waals surface area contributed by atoms with Crippen LogP contribution in [0.25, 0.3) is 0 Å². The summed E-state index contributed by atoms with van der Waals surface area (Å²) < 4.78 is 5.12. The zero-order valence-corrected chi connectivity index (χ0v) is 13.7. The predicted octanol–water partition coefficient (Wildman–Crippen LogP) is 0.635. The first-order valence-electron chi connectivity index (χ1n) is 7.05. The number of aliphatic hydroxyl groups excluding tert-OH is 1. The molecule has 2 atom stereocenters. The number of amides is 1. The molecule has 1 amide bonds. The fourth-order valence-corrected chi connectivity index (χ4v) is 3.03. The lowest BCUT2D eigenvalue weighted by Crippen LogP contribution is -2.34. The van der Waals surface area contributed by atoms with Gasteiger partial charge >= 0.3 is 0 Å². The number of carbonyl (C=O) groups excluding carboxylic acids is 1. The fourth-order valence-electron chi connectivity index (χ4n) is 2.45. The van der Waals surface area contributed by atoms with Gasteiger partial charge in [0.2, 0.25) is 0 Å². The van der Waals surface area contributed by atoms with Gasteiger partial charge in [0.25, 0.3) is 11.6 Å². The number of hydrogen-bond donors (Lipinski definition) is 3. The molecular weight excluding hydrogens is 322 g/mol. The molecule has 0 saturated carbocycles. The van der Waals surface area contributed by atoms with Crippen LogP contribution >= 0.6 is 11.8 Å². The largest absolute Gasteiger partial charge is 0.495 e. The molecular formula is C14H19N3O5S. The summed E-state index contributed by atoms with van der Waals surface area (Å²) >= 11 is 1.34. The van der Waals surface area contributed by atoms with Crippen LogP contribution in [0.4, 0.5) is 5.69 Å². The Kier molecular flexibility index (Phi) is 5.80. The van der Waals surface area contributed by atoms with Gasteiger partial charge in [0, 0.05) is 25.6 Å². The van der Waals surface area contributed by atoms with Crippen LogP contribution in [0.2, 0.25) is 0 Å².